The minimum absolute atomic E-state index is 0. The third-order valence-electron chi connectivity index (χ3n) is 20.2. The predicted octanol–water partition coefficient (Wildman–Crippen LogP) is 11.5. The number of Topliss-reactive ketones (excluding diaryl/α,β-unsaturated/α-hetero) is 2. The molecule has 5 aromatic carbocycles. The molecule has 0 saturated heterocycles. The van der Waals surface area contributed by atoms with Crippen molar-refractivity contribution in [2.45, 2.75) is 96.0 Å². The first-order valence-corrected chi connectivity index (χ1v) is 40.9. The molecule has 9 aromatic heterocycles. The van der Waals surface area contributed by atoms with Crippen LogP contribution < -0.4 is 57.7 Å². The molecule has 4 unspecified atom stereocenters. The molecule has 10 heterocycles. The van der Waals surface area contributed by atoms with Crippen molar-refractivity contribution in [2.24, 2.45) is 28.2 Å². The van der Waals surface area contributed by atoms with Crippen LogP contribution in [-0.2, 0) is 74.7 Å². The van der Waals surface area contributed by atoms with Crippen molar-refractivity contribution in [1.29, 1.82) is 0 Å². The van der Waals surface area contributed by atoms with Gasteiger partial charge < -0.3 is 37.0 Å². The number of hydrogen-bond donors (Lipinski definition) is 6. The van der Waals surface area contributed by atoms with Crippen LogP contribution in [0.2, 0.25) is 0 Å². The number of aromatic amines is 3. The number of anilines is 3. The molecule has 2 amide bonds. The third-order valence-corrected chi connectivity index (χ3v) is 21.7. The van der Waals surface area contributed by atoms with Gasteiger partial charge in [-0.3, -0.25) is 72.4 Å². The first-order chi connectivity index (χ1) is 56.3. The van der Waals surface area contributed by atoms with Crippen LogP contribution in [0.15, 0.2) is 236 Å². The Labute approximate surface area is 700 Å². The third kappa shape index (κ3) is 18.6. The fourth-order valence-corrected chi connectivity index (χ4v) is 15.4. The number of carboxylic acids is 1. The first-order valence-electron chi connectivity index (χ1n) is 37.2. The first kappa shape index (κ1) is 86.2. The van der Waals surface area contributed by atoms with Crippen LogP contribution in [0.4, 0.5) is 17.5 Å². The van der Waals surface area contributed by atoms with Crippen molar-refractivity contribution in [3.8, 4) is 11.4 Å². The summed E-state index contributed by atoms with van der Waals surface area (Å²) in [6.45, 7) is 11.2. The Morgan fingerprint density at radius 1 is 0.669 bits per heavy atom. The number of carbonyl (C=O) groups is 5. The Bertz CT molecular complexity index is 6500. The average molecular weight is 1730 g/mol. The van der Waals surface area contributed by atoms with E-state index in [0.717, 1.165) is 72.9 Å². The molecule has 2 aliphatic carbocycles. The van der Waals surface area contributed by atoms with Crippen molar-refractivity contribution in [3.05, 3.63) is 327 Å². The topological polar surface area (TPSA) is 338 Å². The number of carboxylic acid groups (broad SMARTS) is 1. The second-order valence-corrected chi connectivity index (χ2v) is 29.9. The van der Waals surface area contributed by atoms with E-state index in [1.165, 1.54) is 19.6 Å². The molecule has 118 heavy (non-hydrogen) atoms. The van der Waals surface area contributed by atoms with Gasteiger partial charge in [0.15, 0.2) is 46.6 Å². The van der Waals surface area contributed by atoms with Gasteiger partial charge in [0.2, 0.25) is 5.95 Å². The van der Waals surface area contributed by atoms with Crippen molar-refractivity contribution >= 4 is 114 Å². The second-order valence-electron chi connectivity index (χ2n) is 28.4. The van der Waals surface area contributed by atoms with Crippen LogP contribution >= 0.6 is 33.7 Å². The number of amides is 2. The van der Waals surface area contributed by atoms with Gasteiger partial charge in [-0.1, -0.05) is 146 Å². The van der Waals surface area contributed by atoms with Gasteiger partial charge in [-0.05, 0) is 121 Å². The summed E-state index contributed by atoms with van der Waals surface area (Å²) < 4.78 is 12.0. The van der Waals surface area contributed by atoms with E-state index < -0.39 is 40.5 Å². The van der Waals surface area contributed by atoms with Gasteiger partial charge >= 0.3 is 44.4 Å². The molecule has 0 radical (unpaired) electrons. The van der Waals surface area contributed by atoms with E-state index in [9.17, 15) is 47.9 Å². The fraction of sp³-hybridized carbons (Fsp3) is 0.218. The summed E-state index contributed by atoms with van der Waals surface area (Å²) in [6, 6.07) is 54.2. The summed E-state index contributed by atoms with van der Waals surface area (Å²) in [7, 11) is 11.5. The van der Waals surface area contributed by atoms with Gasteiger partial charge in [0.25, 0.3) is 28.5 Å². The number of nitrogens with one attached hydrogen (secondary N) is 5. The normalized spacial score (nSPS) is 14.6. The van der Waals surface area contributed by atoms with Crippen molar-refractivity contribution in [1.82, 2.24) is 52.7 Å². The monoisotopic (exact) mass is 1730 g/mol. The molecule has 1 aliphatic heterocycles. The molecular weight excluding hydrogens is 1650 g/mol. The summed E-state index contributed by atoms with van der Waals surface area (Å²) in [4.78, 5) is 147. The number of aryl methyl sites for hydroxylation is 6. The maximum absolute atomic E-state index is 13.5. The number of benzene rings is 5. The number of fused-ring (bicyclic) bond motifs is 11. The number of H-pyrrole nitrogens is 3. The fourth-order valence-electron chi connectivity index (χ4n) is 14.3. The number of rotatable bonds is 13. The standard InChI is InChI=1S/C24H25N3O2S.C22H23N7O3.C19H13N2O2.C14H14N4O2S.C7H6O2.CH3.ClH.Ru/c1-3-14-30-21-15-20-22(26(21)16-18-10-6-4-7-11-18)23(28)27(24(29)25(20)2)17-19-12-8-5-9-13-19;1-13-14(2)29(21(32)16-8-6-10-28(4)12-16)17-18(23-13)24-22(26-20(17)31)25-19(30)15-7-5-9-27(3)11-15;1-9-6-11-15-13(22)7-14(23)17(15)16-10-4-2-3-5-12(10)21-19(16)18(11)20-8-9;1-8-3-5-9(6-4-8)7-18-10-11(15-14(18)21)17(2)13(20)16-12(10)19;8-7(9)6-4-2-1-3-5-6;;;/h4-13,15H,3,14,16-17H2,1-2H3;5-14H,1-4H3,(H-2,23,24,25,26,30,31);2-6,8,15,17H,7H2,1H3;3-6H,7H2,1-2H3,(H,15,21)(H,16,19,20);1-5H,(H,8,9);1H3;1H;/q;;-1;;;-1;;+3/p+1. The second kappa shape index (κ2) is 38.0. The molecule has 0 bridgehead atoms. The van der Waals surface area contributed by atoms with Gasteiger partial charge in [-0.15, -0.1) is 23.0 Å². The minimum atomic E-state index is -0.879. The van der Waals surface area contributed by atoms with Crippen LogP contribution in [0.5, 0.6) is 0 Å². The average Bonchev–Trinajstić information content (AvgIpc) is 1.55. The van der Waals surface area contributed by atoms with E-state index in [4.69, 9.17) is 22.3 Å². The number of imidazole rings is 1. The van der Waals surface area contributed by atoms with E-state index in [1.807, 2.05) is 167 Å². The summed E-state index contributed by atoms with van der Waals surface area (Å²) >= 11 is 8.83. The molecular formula is C87H86ClN16O11RuS2+2. The van der Waals surface area contributed by atoms with Crippen LogP contribution in [0.25, 0.3) is 44.5 Å². The van der Waals surface area contributed by atoms with E-state index in [1.54, 1.807) is 131 Å². The van der Waals surface area contributed by atoms with E-state index in [-0.39, 0.29) is 78.7 Å². The molecule has 605 valence electrons. The SMILES string of the molecule is CC1Nc2nc(NC(=O)c3ccc[n+](C)c3)[nH]c(=O)c2N(C(=O)c2ccc[n+](C)c2)C1C.CCCSc1cc2c(c(=O)n(Cc3ccccc3)c(=O)n2C)n1Cc1ccccc1.Cc1ccc(Cn2c(=S)[nH]c3c2c(=O)[nH]c(=O)n3C)cc1.Cc1cnc2c(c1)C1C(=O)CC(=O)C1c1c-2[n-]c2ccccc12.O=C(O)c1ccccc1.[CH3-].[Cl][Ru+2]. The summed E-state index contributed by atoms with van der Waals surface area (Å²) in [5.41, 5.74) is 10.8. The van der Waals surface area contributed by atoms with E-state index >= 15 is 0 Å². The zero-order chi connectivity index (χ0) is 83.6. The van der Waals surface area contributed by atoms with Crippen LogP contribution in [0.1, 0.15) is 115 Å². The molecule has 27 nitrogen and oxygen atoms in total. The molecule has 0 spiro atoms. The Balaban J connectivity index is 0.000000149. The Morgan fingerprint density at radius 2 is 1.25 bits per heavy atom. The van der Waals surface area contributed by atoms with Gasteiger partial charge in [-0.2, -0.15) is 4.98 Å². The zero-order valence-electron chi connectivity index (χ0n) is 66.2. The van der Waals surface area contributed by atoms with Gasteiger partial charge in [0, 0.05) is 45.0 Å². The number of aromatic carboxylic acids is 1. The Kier molecular flexibility index (Phi) is 27.8. The number of halogens is 1. The van der Waals surface area contributed by atoms with Gasteiger partial charge in [0.05, 0.1) is 59.2 Å². The number of para-hydroxylation sites is 1. The summed E-state index contributed by atoms with van der Waals surface area (Å²) in [6.07, 6.45) is 9.84. The number of hydrogen-bond acceptors (Lipinski definition) is 15. The summed E-state index contributed by atoms with van der Waals surface area (Å²) in [5.74, 6) is -1.19. The van der Waals surface area contributed by atoms with Crippen LogP contribution in [-0.4, -0.2) is 100 Å². The number of nitrogens with zero attached hydrogens (tertiary/aromatic N) is 11. The number of carbonyl (C=O) groups excluding carboxylic acids is 4. The quantitative estimate of drug-likeness (QED) is 0.0156. The Hall–Kier alpha value is -12.6. The Morgan fingerprint density at radius 3 is 1.87 bits per heavy atom. The number of ketones is 2. The van der Waals surface area contributed by atoms with Crippen LogP contribution in [0.3, 0.4) is 0 Å². The molecule has 17 rings (SSSR count). The number of pyridine rings is 3. The van der Waals surface area contributed by atoms with E-state index in [2.05, 4.69) is 68.9 Å². The van der Waals surface area contributed by atoms with Gasteiger partial charge in [0.1, 0.15) is 48.0 Å². The molecule has 1 saturated carbocycles. The molecule has 14 aromatic rings. The predicted molar refractivity (Wildman–Crippen MR) is 455 cm³/mol. The van der Waals surface area contributed by atoms with Crippen LogP contribution in [0, 0.1) is 26.0 Å². The number of aromatic nitrogens is 13. The zero-order valence-corrected chi connectivity index (χ0v) is 70.3. The van der Waals surface area contributed by atoms with Crippen molar-refractivity contribution < 1.29 is 55.5 Å². The molecule has 6 N–H and O–H groups in total. The number of thioether (sulfide) groups is 1. The maximum atomic E-state index is 13.5. The van der Waals surface area contributed by atoms with E-state index in [0.29, 0.717) is 56.7 Å². The molecule has 31 heteroatoms. The molecule has 1 fully saturated rings. The van der Waals surface area contributed by atoms with Gasteiger partial charge in [-0.25, -0.2) is 23.5 Å². The summed E-state index contributed by atoms with van der Waals surface area (Å²) in [5, 5.41) is 16.2. The molecule has 3 aliphatic rings. The van der Waals surface area contributed by atoms with Crippen molar-refractivity contribution in [2.75, 3.05) is 21.3 Å². The van der Waals surface area contributed by atoms with Crippen molar-refractivity contribution in [3.63, 3.8) is 0 Å². The molecule has 4 atom stereocenters.